The second-order valence-corrected chi connectivity index (χ2v) is 6.46. The number of carbonyl (C=O) groups is 1. The maximum Gasteiger partial charge on any atom is 0.312 e. The minimum absolute atomic E-state index is 0.0596. The summed E-state index contributed by atoms with van der Waals surface area (Å²) in [6, 6.07) is 12.8. The van der Waals surface area contributed by atoms with Gasteiger partial charge in [-0.15, -0.1) is 0 Å². The van der Waals surface area contributed by atoms with Crippen LogP contribution in [0.15, 0.2) is 47.3 Å². The Bertz CT molecular complexity index is 1120. The molecule has 3 aromatic rings. The van der Waals surface area contributed by atoms with E-state index in [-0.39, 0.29) is 17.9 Å². The number of nitrogens with zero attached hydrogens (tertiary/aromatic N) is 1. The van der Waals surface area contributed by atoms with Crippen molar-refractivity contribution < 1.29 is 19.0 Å². The molecule has 0 bridgehead atoms. The Morgan fingerprint density at radius 3 is 2.59 bits per heavy atom. The summed E-state index contributed by atoms with van der Waals surface area (Å²) < 4.78 is 17.9. The van der Waals surface area contributed by atoms with E-state index < -0.39 is 5.92 Å². The second-order valence-electron chi connectivity index (χ2n) is 6.46. The highest BCUT2D eigenvalue weighted by atomic mass is 16.5. The highest BCUT2D eigenvalue weighted by Crippen LogP contribution is 2.43. The molecule has 1 aliphatic rings. The van der Waals surface area contributed by atoms with E-state index in [2.05, 4.69) is 0 Å². The Morgan fingerprint density at radius 1 is 1.07 bits per heavy atom. The van der Waals surface area contributed by atoms with Gasteiger partial charge in [0.15, 0.2) is 0 Å². The molecule has 138 valence electrons. The van der Waals surface area contributed by atoms with Crippen LogP contribution in [0, 0.1) is 0 Å². The molecule has 0 N–H and O–H groups in total. The largest absolute Gasteiger partial charge is 0.497 e. The molecule has 2 aromatic carbocycles. The van der Waals surface area contributed by atoms with Gasteiger partial charge in [-0.25, -0.2) is 0 Å². The van der Waals surface area contributed by atoms with Gasteiger partial charge in [-0.05, 0) is 30.3 Å². The number of hydrogen-bond acceptors (Lipinski definition) is 5. The van der Waals surface area contributed by atoms with E-state index in [1.807, 2.05) is 24.3 Å². The quantitative estimate of drug-likeness (QED) is 0.668. The predicted octanol–water partition coefficient (Wildman–Crippen LogP) is 3.00. The third-order valence-electron chi connectivity index (χ3n) is 5.04. The van der Waals surface area contributed by atoms with E-state index in [0.29, 0.717) is 28.3 Å². The fourth-order valence-electron chi connectivity index (χ4n) is 3.71. The van der Waals surface area contributed by atoms with Crippen LogP contribution in [-0.4, -0.2) is 24.8 Å². The van der Waals surface area contributed by atoms with E-state index in [4.69, 9.17) is 14.2 Å². The minimum atomic E-state index is -0.477. The molecule has 0 spiro atoms. The first-order valence-corrected chi connectivity index (χ1v) is 8.59. The highest BCUT2D eigenvalue weighted by Gasteiger charge is 2.35. The van der Waals surface area contributed by atoms with Crippen molar-refractivity contribution in [1.82, 2.24) is 4.57 Å². The van der Waals surface area contributed by atoms with Crippen LogP contribution in [0.3, 0.4) is 0 Å². The third kappa shape index (κ3) is 2.65. The zero-order valence-corrected chi connectivity index (χ0v) is 15.3. The molecule has 27 heavy (non-hydrogen) atoms. The number of methoxy groups -OCH3 is 2. The van der Waals surface area contributed by atoms with E-state index in [1.54, 1.807) is 44.0 Å². The van der Waals surface area contributed by atoms with Crippen LogP contribution in [0.5, 0.6) is 17.2 Å². The van der Waals surface area contributed by atoms with Crippen molar-refractivity contribution in [3.63, 3.8) is 0 Å². The molecule has 0 radical (unpaired) electrons. The number of carbonyl (C=O) groups excluding carboxylic acids is 1. The maximum atomic E-state index is 13.2. The molecule has 0 amide bonds. The zero-order chi connectivity index (χ0) is 19.1. The molecule has 1 atom stereocenters. The van der Waals surface area contributed by atoms with Gasteiger partial charge in [0.25, 0.3) is 5.56 Å². The molecular formula is C21H19NO5. The van der Waals surface area contributed by atoms with Crippen molar-refractivity contribution in [1.29, 1.82) is 0 Å². The standard InChI is InChI=1S/C21H19NO5/c1-22-16-7-5-4-6-13(16)20-19(21(22)24)15(11-18(23)27-20)14-10-12(25-2)8-9-17(14)26-3/h4-10,15H,11H2,1-3H3/t15-/m0/s1. The van der Waals surface area contributed by atoms with E-state index in [1.165, 1.54) is 0 Å². The van der Waals surface area contributed by atoms with Crippen molar-refractivity contribution in [2.45, 2.75) is 12.3 Å². The third-order valence-corrected chi connectivity index (χ3v) is 5.04. The highest BCUT2D eigenvalue weighted by molar-refractivity contribution is 5.91. The van der Waals surface area contributed by atoms with Crippen LogP contribution >= 0.6 is 0 Å². The van der Waals surface area contributed by atoms with Gasteiger partial charge in [-0.1, -0.05) is 12.1 Å². The lowest BCUT2D eigenvalue weighted by molar-refractivity contribution is -0.135. The lowest BCUT2D eigenvalue weighted by Gasteiger charge is -2.27. The number of pyridine rings is 1. The van der Waals surface area contributed by atoms with Crippen LogP contribution in [0.2, 0.25) is 0 Å². The average molecular weight is 365 g/mol. The van der Waals surface area contributed by atoms with Gasteiger partial charge in [-0.2, -0.15) is 0 Å². The maximum absolute atomic E-state index is 13.2. The first kappa shape index (κ1) is 17.1. The van der Waals surface area contributed by atoms with Gasteiger partial charge < -0.3 is 18.8 Å². The normalized spacial score (nSPS) is 16.0. The lowest BCUT2D eigenvalue weighted by Crippen LogP contribution is -2.31. The smallest absolute Gasteiger partial charge is 0.312 e. The van der Waals surface area contributed by atoms with Gasteiger partial charge in [0.05, 0.1) is 31.7 Å². The van der Waals surface area contributed by atoms with Crippen molar-refractivity contribution in [2.24, 2.45) is 7.05 Å². The summed E-state index contributed by atoms with van der Waals surface area (Å²) in [5.74, 6) is 0.700. The minimum Gasteiger partial charge on any atom is -0.497 e. The van der Waals surface area contributed by atoms with Gasteiger partial charge in [-0.3, -0.25) is 9.59 Å². The first-order chi connectivity index (χ1) is 13.0. The number of aryl methyl sites for hydroxylation is 1. The Kier molecular flexibility index (Phi) is 4.11. The number of fused-ring (bicyclic) bond motifs is 3. The van der Waals surface area contributed by atoms with Crippen LogP contribution in [0.4, 0.5) is 0 Å². The SMILES string of the molecule is COc1ccc(OC)c([C@@H]2CC(=O)Oc3c2c(=O)n(C)c2ccccc32)c1. The van der Waals surface area contributed by atoms with E-state index in [0.717, 1.165) is 10.9 Å². The van der Waals surface area contributed by atoms with Gasteiger partial charge in [0, 0.05) is 23.9 Å². The molecule has 6 nitrogen and oxygen atoms in total. The van der Waals surface area contributed by atoms with Crippen LogP contribution < -0.4 is 19.8 Å². The Morgan fingerprint density at radius 2 is 1.85 bits per heavy atom. The number of benzene rings is 2. The summed E-state index contributed by atoms with van der Waals surface area (Å²) in [6.45, 7) is 0. The number of aromatic nitrogens is 1. The fraction of sp³-hybridized carbons (Fsp3) is 0.238. The Balaban J connectivity index is 2.05. The Labute approximate surface area is 155 Å². The summed E-state index contributed by atoms with van der Waals surface area (Å²) in [7, 11) is 4.86. The van der Waals surface area contributed by atoms with Crippen molar-refractivity contribution >= 4 is 16.9 Å². The fourth-order valence-corrected chi connectivity index (χ4v) is 3.71. The molecule has 0 saturated carbocycles. The summed E-state index contributed by atoms with van der Waals surface area (Å²) >= 11 is 0. The van der Waals surface area contributed by atoms with Crippen molar-refractivity contribution in [3.05, 3.63) is 63.9 Å². The van der Waals surface area contributed by atoms with Gasteiger partial charge >= 0.3 is 5.97 Å². The summed E-state index contributed by atoms with van der Waals surface area (Å²) in [4.78, 5) is 25.6. The van der Waals surface area contributed by atoms with Crippen molar-refractivity contribution in [2.75, 3.05) is 14.2 Å². The molecule has 0 aliphatic carbocycles. The summed E-state index contributed by atoms with van der Waals surface area (Å²) in [6.07, 6.45) is 0.0596. The van der Waals surface area contributed by atoms with Gasteiger partial charge in [0.2, 0.25) is 0 Å². The average Bonchev–Trinajstić information content (AvgIpc) is 2.70. The number of ether oxygens (including phenoxy) is 3. The molecule has 0 saturated heterocycles. The topological polar surface area (TPSA) is 66.8 Å². The second kappa shape index (κ2) is 6.46. The lowest BCUT2D eigenvalue weighted by atomic mass is 9.85. The molecule has 0 unspecified atom stereocenters. The molecule has 1 aromatic heterocycles. The number of esters is 1. The summed E-state index contributed by atoms with van der Waals surface area (Å²) in [5, 5.41) is 0.731. The molecular weight excluding hydrogens is 346 g/mol. The van der Waals surface area contributed by atoms with Crippen molar-refractivity contribution in [3.8, 4) is 17.2 Å². The van der Waals surface area contributed by atoms with Crippen LogP contribution in [0.25, 0.3) is 10.9 Å². The van der Waals surface area contributed by atoms with Crippen LogP contribution in [-0.2, 0) is 11.8 Å². The first-order valence-electron chi connectivity index (χ1n) is 8.59. The number of hydrogen-bond donors (Lipinski definition) is 0. The monoisotopic (exact) mass is 365 g/mol. The summed E-state index contributed by atoms with van der Waals surface area (Å²) in [5.41, 5.74) is 1.71. The molecule has 4 rings (SSSR count). The van der Waals surface area contributed by atoms with E-state index >= 15 is 0 Å². The molecule has 1 aliphatic heterocycles. The zero-order valence-electron chi connectivity index (χ0n) is 15.3. The molecule has 6 heteroatoms. The van der Waals surface area contributed by atoms with E-state index in [9.17, 15) is 9.59 Å². The Hall–Kier alpha value is -3.28. The van der Waals surface area contributed by atoms with Gasteiger partial charge in [0.1, 0.15) is 17.2 Å². The predicted molar refractivity (Wildman–Crippen MR) is 101 cm³/mol. The number of rotatable bonds is 3. The number of para-hydroxylation sites is 1. The molecule has 2 heterocycles. The van der Waals surface area contributed by atoms with Crippen LogP contribution in [0.1, 0.15) is 23.5 Å². The molecule has 0 fully saturated rings.